The van der Waals surface area contributed by atoms with Crippen LogP contribution in [0.1, 0.15) is 0 Å². The van der Waals surface area contributed by atoms with E-state index in [2.05, 4.69) is 9.71 Å². The molecule has 1 aromatic heterocycles. The number of benzene rings is 1. The molecule has 5 nitrogen and oxygen atoms in total. The summed E-state index contributed by atoms with van der Waals surface area (Å²) < 4.78 is 39.3. The van der Waals surface area contributed by atoms with Crippen LogP contribution in [0.3, 0.4) is 0 Å². The maximum atomic E-state index is 13.1. The topological polar surface area (TPSA) is 85.1 Å². The molecule has 0 saturated carbocycles. The van der Waals surface area contributed by atoms with Gasteiger partial charge in [-0.2, -0.15) is 0 Å². The van der Waals surface area contributed by atoms with E-state index in [9.17, 15) is 12.8 Å². The molecule has 1 heterocycles. The highest BCUT2D eigenvalue weighted by molar-refractivity contribution is 7.92. The second kappa shape index (κ2) is 5.02. The molecular weight excluding hydrogens is 293 g/mol. The Kier molecular flexibility index (Phi) is 3.59. The zero-order valence-corrected chi connectivity index (χ0v) is 11.0. The summed E-state index contributed by atoms with van der Waals surface area (Å²) in [6.45, 7) is 0. The zero-order valence-electron chi connectivity index (χ0n) is 9.47. The molecule has 0 spiro atoms. The van der Waals surface area contributed by atoms with E-state index in [-0.39, 0.29) is 16.4 Å². The summed E-state index contributed by atoms with van der Waals surface area (Å²) in [5.41, 5.74) is 5.42. The van der Waals surface area contributed by atoms with Gasteiger partial charge in [0.1, 0.15) is 11.6 Å². The van der Waals surface area contributed by atoms with Crippen LogP contribution in [-0.4, -0.2) is 13.4 Å². The molecule has 0 unspecified atom stereocenters. The molecule has 0 saturated heterocycles. The van der Waals surface area contributed by atoms with Gasteiger partial charge in [-0.3, -0.25) is 4.72 Å². The first-order valence-electron chi connectivity index (χ1n) is 5.07. The third-order valence-electron chi connectivity index (χ3n) is 2.17. The highest BCUT2D eigenvalue weighted by atomic mass is 35.5. The number of nitrogens with zero attached hydrogens (tertiary/aromatic N) is 1. The quantitative estimate of drug-likeness (QED) is 0.852. The smallest absolute Gasteiger partial charge is 0.263 e. The van der Waals surface area contributed by atoms with Gasteiger partial charge >= 0.3 is 0 Å². The maximum Gasteiger partial charge on any atom is 0.263 e. The Morgan fingerprint density at radius 1 is 1.26 bits per heavy atom. The predicted molar refractivity (Wildman–Crippen MR) is 70.9 cm³/mol. The number of hydrogen-bond donors (Lipinski definition) is 2. The van der Waals surface area contributed by atoms with Gasteiger partial charge < -0.3 is 5.73 Å². The van der Waals surface area contributed by atoms with Crippen LogP contribution in [-0.2, 0) is 10.0 Å². The van der Waals surface area contributed by atoms with Crippen molar-refractivity contribution in [3.05, 3.63) is 47.4 Å². The van der Waals surface area contributed by atoms with E-state index in [1.807, 2.05) is 0 Å². The van der Waals surface area contributed by atoms with Crippen LogP contribution >= 0.6 is 11.6 Å². The highest BCUT2D eigenvalue weighted by Gasteiger charge is 2.16. The van der Waals surface area contributed by atoms with Crippen LogP contribution < -0.4 is 10.5 Å². The van der Waals surface area contributed by atoms with Crippen molar-refractivity contribution in [1.29, 1.82) is 0 Å². The fourth-order valence-electron chi connectivity index (χ4n) is 1.37. The van der Waals surface area contributed by atoms with E-state index in [1.54, 1.807) is 0 Å². The standard InChI is InChI=1S/C11H9ClFN3O2S/c12-7-1-2-11(15-6-7)16-19(17,18)10-4-8(13)3-9(14)5-10/h1-6H,14H2,(H,15,16). The summed E-state index contributed by atoms with van der Waals surface area (Å²) in [4.78, 5) is 3.51. The Morgan fingerprint density at radius 3 is 2.58 bits per heavy atom. The van der Waals surface area contributed by atoms with Gasteiger partial charge in [-0.1, -0.05) is 11.6 Å². The summed E-state index contributed by atoms with van der Waals surface area (Å²) >= 11 is 5.64. The summed E-state index contributed by atoms with van der Waals surface area (Å²) in [5, 5.41) is 0.373. The van der Waals surface area contributed by atoms with Crippen molar-refractivity contribution in [2.45, 2.75) is 4.90 Å². The third kappa shape index (κ3) is 3.33. The second-order valence-electron chi connectivity index (χ2n) is 3.69. The Hall–Kier alpha value is -1.86. The normalized spacial score (nSPS) is 11.3. The van der Waals surface area contributed by atoms with Crippen LogP contribution in [0.4, 0.5) is 15.9 Å². The molecule has 0 aliphatic carbocycles. The Bertz CT molecular complexity index is 684. The molecule has 0 fully saturated rings. The fourth-order valence-corrected chi connectivity index (χ4v) is 2.56. The largest absolute Gasteiger partial charge is 0.399 e. The first-order chi connectivity index (χ1) is 8.87. The highest BCUT2D eigenvalue weighted by Crippen LogP contribution is 2.19. The number of hydrogen-bond acceptors (Lipinski definition) is 4. The number of pyridine rings is 1. The lowest BCUT2D eigenvalue weighted by Gasteiger charge is -2.08. The number of rotatable bonds is 3. The molecule has 2 rings (SSSR count). The molecule has 0 amide bonds. The van der Waals surface area contributed by atoms with Crippen molar-refractivity contribution in [3.63, 3.8) is 0 Å². The third-order valence-corrected chi connectivity index (χ3v) is 3.73. The van der Waals surface area contributed by atoms with Crippen molar-refractivity contribution in [3.8, 4) is 0 Å². The molecule has 0 aliphatic heterocycles. The summed E-state index contributed by atoms with van der Waals surface area (Å²) in [6.07, 6.45) is 1.29. The maximum absolute atomic E-state index is 13.1. The van der Waals surface area contributed by atoms with Crippen molar-refractivity contribution in [2.24, 2.45) is 0 Å². The van der Waals surface area contributed by atoms with E-state index in [0.29, 0.717) is 5.02 Å². The van der Waals surface area contributed by atoms with Crippen LogP contribution in [0, 0.1) is 5.82 Å². The molecule has 0 radical (unpaired) electrons. The summed E-state index contributed by atoms with van der Waals surface area (Å²) in [6, 6.07) is 5.92. The lowest BCUT2D eigenvalue weighted by atomic mass is 10.3. The molecule has 0 aliphatic rings. The number of nitrogens with one attached hydrogen (secondary N) is 1. The lowest BCUT2D eigenvalue weighted by molar-refractivity contribution is 0.595. The number of aromatic nitrogens is 1. The number of nitrogen functional groups attached to an aromatic ring is 1. The van der Waals surface area contributed by atoms with E-state index in [4.69, 9.17) is 17.3 Å². The zero-order chi connectivity index (χ0) is 14.0. The van der Waals surface area contributed by atoms with Crippen LogP contribution in [0.25, 0.3) is 0 Å². The van der Waals surface area contributed by atoms with Crippen molar-refractivity contribution < 1.29 is 12.8 Å². The van der Waals surface area contributed by atoms with Crippen LogP contribution in [0.2, 0.25) is 5.02 Å². The number of halogens is 2. The molecule has 2 aromatic rings. The SMILES string of the molecule is Nc1cc(F)cc(S(=O)(=O)Nc2ccc(Cl)cn2)c1. The van der Waals surface area contributed by atoms with E-state index in [0.717, 1.165) is 18.2 Å². The molecule has 8 heteroatoms. The van der Waals surface area contributed by atoms with Gasteiger partial charge in [-0.05, 0) is 30.3 Å². The van der Waals surface area contributed by atoms with Gasteiger partial charge in [-0.15, -0.1) is 0 Å². The average Bonchev–Trinajstić information content (AvgIpc) is 2.31. The Morgan fingerprint density at radius 2 is 2.00 bits per heavy atom. The minimum Gasteiger partial charge on any atom is -0.399 e. The molecule has 0 atom stereocenters. The molecule has 3 N–H and O–H groups in total. The molecular formula is C11H9ClFN3O2S. The Balaban J connectivity index is 2.34. The lowest BCUT2D eigenvalue weighted by Crippen LogP contribution is -2.14. The van der Waals surface area contributed by atoms with Gasteiger partial charge in [0.05, 0.1) is 9.92 Å². The number of anilines is 2. The van der Waals surface area contributed by atoms with Crippen LogP contribution in [0.5, 0.6) is 0 Å². The van der Waals surface area contributed by atoms with Crippen molar-refractivity contribution in [1.82, 2.24) is 4.98 Å². The first-order valence-corrected chi connectivity index (χ1v) is 6.93. The van der Waals surface area contributed by atoms with Crippen molar-refractivity contribution >= 4 is 33.1 Å². The molecule has 1 aromatic carbocycles. The Labute approximate surface area is 114 Å². The summed E-state index contributed by atoms with van der Waals surface area (Å²) in [5.74, 6) is -0.656. The summed E-state index contributed by atoms with van der Waals surface area (Å²) in [7, 11) is -3.95. The average molecular weight is 302 g/mol. The van der Waals surface area contributed by atoms with Gasteiger partial charge in [-0.25, -0.2) is 17.8 Å². The number of nitrogens with two attached hydrogens (primary N) is 1. The van der Waals surface area contributed by atoms with E-state index < -0.39 is 15.8 Å². The molecule has 19 heavy (non-hydrogen) atoms. The van der Waals surface area contributed by atoms with Gasteiger partial charge in [0.2, 0.25) is 0 Å². The van der Waals surface area contributed by atoms with E-state index in [1.165, 1.54) is 18.3 Å². The van der Waals surface area contributed by atoms with Crippen molar-refractivity contribution in [2.75, 3.05) is 10.5 Å². The van der Waals surface area contributed by atoms with Crippen LogP contribution in [0.15, 0.2) is 41.4 Å². The van der Waals surface area contributed by atoms with E-state index >= 15 is 0 Å². The fraction of sp³-hybridized carbons (Fsp3) is 0. The monoisotopic (exact) mass is 301 g/mol. The minimum absolute atomic E-state index is 0.0180. The molecule has 0 bridgehead atoms. The minimum atomic E-state index is -3.95. The first kappa shape index (κ1) is 13.6. The molecule has 100 valence electrons. The second-order valence-corrected chi connectivity index (χ2v) is 5.81. The number of sulfonamides is 1. The van der Waals surface area contributed by atoms with Gasteiger partial charge in [0, 0.05) is 11.9 Å². The van der Waals surface area contributed by atoms with Gasteiger partial charge in [0.25, 0.3) is 10.0 Å². The van der Waals surface area contributed by atoms with Gasteiger partial charge in [0.15, 0.2) is 0 Å². The predicted octanol–water partition coefficient (Wildman–Crippen LogP) is 2.26.